The van der Waals surface area contributed by atoms with E-state index in [1.54, 1.807) is 0 Å². The maximum atomic E-state index is 11.9. The number of ether oxygens (including phenoxy) is 2. The molecule has 0 N–H and O–H groups in total. The molecule has 0 aromatic heterocycles. The van der Waals surface area contributed by atoms with E-state index in [0.717, 1.165) is 37.8 Å². The van der Waals surface area contributed by atoms with Gasteiger partial charge in [-0.05, 0) is 12.8 Å². The Morgan fingerprint density at radius 1 is 0.333 bits per heavy atom. The molecule has 0 radical (unpaired) electrons. The Labute approximate surface area is 340 Å². The maximum absolute atomic E-state index is 11.9. The molecule has 0 rings (SSSR count). The van der Waals surface area contributed by atoms with Crippen LogP contribution in [0, 0.1) is 0 Å². The zero-order chi connectivity index (χ0) is 33.8. The van der Waals surface area contributed by atoms with E-state index in [1.807, 2.05) is 0 Å². The fraction of sp³-hybridized carbons (Fsp3) is 0.850. The van der Waals surface area contributed by atoms with E-state index < -0.39 is 23.9 Å². The second-order valence-corrected chi connectivity index (χ2v) is 13.3. The molecule has 0 aliphatic rings. The first kappa shape index (κ1) is 52.4. The van der Waals surface area contributed by atoms with Crippen molar-refractivity contribution >= 4 is 83.0 Å². The van der Waals surface area contributed by atoms with Gasteiger partial charge in [0, 0.05) is 25.0 Å². The molecule has 0 saturated carbocycles. The number of esters is 4. The van der Waals surface area contributed by atoms with Gasteiger partial charge in [-0.2, -0.15) is 0 Å². The van der Waals surface area contributed by atoms with Crippen LogP contribution in [0.3, 0.4) is 0 Å². The van der Waals surface area contributed by atoms with Crippen LogP contribution in [0.4, 0.5) is 0 Å². The van der Waals surface area contributed by atoms with Crippen LogP contribution in [0.2, 0.25) is 0 Å². The molecule has 0 saturated heterocycles. The standard InChI is InChI=1S/C40H72O6.2Na.2H/c1-3-5-7-9-11-13-15-17-19-21-23-25-27-29-31-33-37(41)45-39(43)35-36-40(44)46-38(42)34-32-30-28-26-24-22-20-18-16-14-12-10-8-6-4-2;;;;/h35-36H,3-34H2,1-2H3;;;;/b36-35+;;;;. The quantitative estimate of drug-likeness (QED) is 0.0219. The second kappa shape index (κ2) is 43.2. The van der Waals surface area contributed by atoms with Crippen LogP contribution in [0.25, 0.3) is 0 Å². The summed E-state index contributed by atoms with van der Waals surface area (Å²) < 4.78 is 9.46. The zero-order valence-electron chi connectivity index (χ0n) is 30.2. The third-order valence-electron chi connectivity index (χ3n) is 8.75. The molecule has 8 heteroatoms. The fourth-order valence-electron chi connectivity index (χ4n) is 5.81. The van der Waals surface area contributed by atoms with Crippen molar-refractivity contribution in [3.05, 3.63) is 12.2 Å². The molecule has 48 heavy (non-hydrogen) atoms. The summed E-state index contributed by atoms with van der Waals surface area (Å²) in [5.41, 5.74) is 0. The molecule has 0 bridgehead atoms. The Morgan fingerprint density at radius 2 is 0.521 bits per heavy atom. The monoisotopic (exact) mass is 697 g/mol. The first-order valence-corrected chi connectivity index (χ1v) is 19.7. The van der Waals surface area contributed by atoms with Crippen molar-refractivity contribution in [3.8, 4) is 0 Å². The van der Waals surface area contributed by atoms with Gasteiger partial charge < -0.3 is 9.47 Å². The molecular formula is C40H74Na2O6. The summed E-state index contributed by atoms with van der Waals surface area (Å²) in [6.45, 7) is 4.51. The average Bonchev–Trinajstić information content (AvgIpc) is 3.03. The molecule has 0 aliphatic heterocycles. The molecular weight excluding hydrogens is 622 g/mol. The van der Waals surface area contributed by atoms with Crippen molar-refractivity contribution in [2.75, 3.05) is 0 Å². The third-order valence-corrected chi connectivity index (χ3v) is 8.75. The first-order valence-electron chi connectivity index (χ1n) is 19.7. The number of hydrogen-bond acceptors (Lipinski definition) is 6. The van der Waals surface area contributed by atoms with Gasteiger partial charge in [0.2, 0.25) is 0 Å². The van der Waals surface area contributed by atoms with Crippen molar-refractivity contribution in [1.82, 2.24) is 0 Å². The molecule has 0 aromatic rings. The molecule has 272 valence electrons. The van der Waals surface area contributed by atoms with Crippen LogP contribution in [-0.2, 0) is 28.7 Å². The van der Waals surface area contributed by atoms with Crippen LogP contribution in [0.5, 0.6) is 0 Å². The third kappa shape index (κ3) is 42.2. The van der Waals surface area contributed by atoms with Crippen LogP contribution < -0.4 is 0 Å². The summed E-state index contributed by atoms with van der Waals surface area (Å²) in [5, 5.41) is 0. The van der Waals surface area contributed by atoms with E-state index in [-0.39, 0.29) is 72.0 Å². The number of carbonyl (C=O) groups is 4. The van der Waals surface area contributed by atoms with Crippen molar-refractivity contribution in [2.45, 2.75) is 219 Å². The van der Waals surface area contributed by atoms with Gasteiger partial charge in [-0.3, -0.25) is 9.59 Å². The van der Waals surface area contributed by atoms with Crippen molar-refractivity contribution in [2.24, 2.45) is 0 Å². The van der Waals surface area contributed by atoms with Gasteiger partial charge in [-0.25, -0.2) is 9.59 Å². The molecule has 0 atom stereocenters. The van der Waals surface area contributed by atoms with Gasteiger partial charge in [-0.1, -0.05) is 194 Å². The van der Waals surface area contributed by atoms with E-state index in [9.17, 15) is 19.2 Å². The summed E-state index contributed by atoms with van der Waals surface area (Å²) >= 11 is 0. The Balaban J connectivity index is -0.0000101. The number of carbonyl (C=O) groups excluding carboxylic acids is 4. The fourth-order valence-corrected chi connectivity index (χ4v) is 5.81. The van der Waals surface area contributed by atoms with Gasteiger partial charge >= 0.3 is 83.0 Å². The van der Waals surface area contributed by atoms with E-state index in [0.29, 0.717) is 12.8 Å². The van der Waals surface area contributed by atoms with Gasteiger partial charge in [0.05, 0.1) is 0 Å². The van der Waals surface area contributed by atoms with E-state index in [1.165, 1.54) is 154 Å². The Hall–Kier alpha value is 0.0200. The topological polar surface area (TPSA) is 86.7 Å². The molecule has 0 spiro atoms. The van der Waals surface area contributed by atoms with Crippen molar-refractivity contribution in [3.63, 3.8) is 0 Å². The van der Waals surface area contributed by atoms with Gasteiger partial charge in [-0.15, -0.1) is 0 Å². The second-order valence-electron chi connectivity index (χ2n) is 13.3. The summed E-state index contributed by atoms with van der Waals surface area (Å²) in [6.07, 6.45) is 39.3. The van der Waals surface area contributed by atoms with E-state index in [2.05, 4.69) is 13.8 Å². The average molecular weight is 697 g/mol. The molecule has 0 aromatic carbocycles. The van der Waals surface area contributed by atoms with E-state index >= 15 is 0 Å². The Kier molecular flexibility index (Phi) is 47.1. The molecule has 6 nitrogen and oxygen atoms in total. The predicted octanol–water partition coefficient (Wildman–Crippen LogP) is 10.9. The summed E-state index contributed by atoms with van der Waals surface area (Å²) in [4.78, 5) is 47.4. The Bertz CT molecular complexity index is 709. The first-order chi connectivity index (χ1) is 22.5. The SMILES string of the molecule is CCCCCCCCCCCCCCCCCC(=O)OC(=O)/C=C/C(=O)OC(=O)CCCCCCCCCCCCCCCCC.[NaH].[NaH]. The van der Waals surface area contributed by atoms with Crippen molar-refractivity contribution < 1.29 is 28.7 Å². The van der Waals surface area contributed by atoms with Crippen molar-refractivity contribution in [1.29, 1.82) is 0 Å². The molecule has 0 heterocycles. The zero-order valence-corrected chi connectivity index (χ0v) is 30.2. The molecule has 0 aliphatic carbocycles. The van der Waals surface area contributed by atoms with Crippen LogP contribution in [-0.4, -0.2) is 83.0 Å². The predicted molar refractivity (Wildman–Crippen MR) is 205 cm³/mol. The minimum absolute atomic E-state index is 0. The van der Waals surface area contributed by atoms with Crippen LogP contribution in [0.1, 0.15) is 219 Å². The molecule has 0 unspecified atom stereocenters. The summed E-state index contributed by atoms with van der Waals surface area (Å²) in [6, 6.07) is 0. The van der Waals surface area contributed by atoms with Crippen LogP contribution >= 0.6 is 0 Å². The van der Waals surface area contributed by atoms with E-state index in [4.69, 9.17) is 9.47 Å². The normalized spacial score (nSPS) is 10.8. The summed E-state index contributed by atoms with van der Waals surface area (Å²) in [7, 11) is 0. The number of unbranched alkanes of at least 4 members (excludes halogenated alkanes) is 28. The molecule has 0 amide bonds. The molecule has 0 fully saturated rings. The summed E-state index contributed by atoms with van der Waals surface area (Å²) in [5.74, 6) is -3.03. The van der Waals surface area contributed by atoms with Gasteiger partial charge in [0.1, 0.15) is 0 Å². The Morgan fingerprint density at radius 3 is 0.729 bits per heavy atom. The number of rotatable bonds is 34. The van der Waals surface area contributed by atoms with Gasteiger partial charge in [0.15, 0.2) is 0 Å². The minimum atomic E-state index is -0.919. The number of hydrogen-bond donors (Lipinski definition) is 0. The van der Waals surface area contributed by atoms with Gasteiger partial charge in [0.25, 0.3) is 0 Å². The van der Waals surface area contributed by atoms with Crippen LogP contribution in [0.15, 0.2) is 12.2 Å².